The van der Waals surface area contributed by atoms with E-state index in [1.165, 1.54) is 7.11 Å². The summed E-state index contributed by atoms with van der Waals surface area (Å²) >= 11 is 0.982. The minimum atomic E-state index is 0.292. The molecule has 0 spiro atoms. The standard InChI is InChI=1S/C8H15N5OS/c1-4-13(5-2)6-10-7(14-3)12-8(11-6)15-9/h4-5,9H2,1-3H3. The second kappa shape index (κ2) is 5.72. The van der Waals surface area contributed by atoms with Gasteiger partial charge in [0.15, 0.2) is 0 Å². The Bertz CT molecular complexity index is 296. The second-order valence-electron chi connectivity index (χ2n) is 2.69. The highest BCUT2D eigenvalue weighted by Gasteiger charge is 2.10. The Hall–Kier alpha value is -1.08. The van der Waals surface area contributed by atoms with E-state index in [9.17, 15) is 0 Å². The Balaban J connectivity index is 3.05. The lowest BCUT2D eigenvalue weighted by Crippen LogP contribution is -2.24. The molecule has 0 atom stereocenters. The van der Waals surface area contributed by atoms with Crippen LogP contribution >= 0.6 is 11.9 Å². The van der Waals surface area contributed by atoms with Crippen molar-refractivity contribution in [2.75, 3.05) is 25.1 Å². The van der Waals surface area contributed by atoms with Gasteiger partial charge in [0, 0.05) is 13.1 Å². The number of rotatable bonds is 5. The van der Waals surface area contributed by atoms with Gasteiger partial charge in [-0.2, -0.15) is 15.0 Å². The van der Waals surface area contributed by atoms with Crippen LogP contribution in [-0.2, 0) is 0 Å². The van der Waals surface area contributed by atoms with Crippen molar-refractivity contribution in [1.29, 1.82) is 0 Å². The summed E-state index contributed by atoms with van der Waals surface area (Å²) < 4.78 is 4.98. The van der Waals surface area contributed by atoms with Crippen molar-refractivity contribution < 1.29 is 4.74 Å². The van der Waals surface area contributed by atoms with E-state index in [0.29, 0.717) is 17.1 Å². The molecule has 0 aliphatic rings. The van der Waals surface area contributed by atoms with Gasteiger partial charge in [-0.15, -0.1) is 0 Å². The topological polar surface area (TPSA) is 77.2 Å². The van der Waals surface area contributed by atoms with Crippen molar-refractivity contribution in [3.63, 3.8) is 0 Å². The molecule has 1 rings (SSSR count). The van der Waals surface area contributed by atoms with Crippen molar-refractivity contribution in [2.24, 2.45) is 5.14 Å². The number of anilines is 1. The van der Waals surface area contributed by atoms with Gasteiger partial charge in [0.1, 0.15) is 0 Å². The van der Waals surface area contributed by atoms with Crippen molar-refractivity contribution in [2.45, 2.75) is 19.0 Å². The fraction of sp³-hybridized carbons (Fsp3) is 0.625. The van der Waals surface area contributed by atoms with E-state index in [0.717, 1.165) is 25.0 Å². The van der Waals surface area contributed by atoms with E-state index in [1.807, 2.05) is 18.7 Å². The van der Waals surface area contributed by atoms with Crippen LogP contribution in [0.2, 0.25) is 0 Å². The predicted octanol–water partition coefficient (Wildman–Crippen LogP) is 0.692. The van der Waals surface area contributed by atoms with Gasteiger partial charge < -0.3 is 9.64 Å². The average Bonchev–Trinajstić information content (AvgIpc) is 2.30. The highest BCUT2D eigenvalue weighted by molar-refractivity contribution is 7.96. The van der Waals surface area contributed by atoms with Gasteiger partial charge in [0.25, 0.3) is 0 Å². The Morgan fingerprint density at radius 3 is 2.40 bits per heavy atom. The SMILES string of the molecule is CCN(CC)c1nc(OC)nc(SN)n1. The highest BCUT2D eigenvalue weighted by atomic mass is 32.2. The summed E-state index contributed by atoms with van der Waals surface area (Å²) in [5.41, 5.74) is 0. The molecule has 15 heavy (non-hydrogen) atoms. The second-order valence-corrected chi connectivity index (χ2v) is 3.30. The molecule has 1 aromatic heterocycles. The number of ether oxygens (including phenoxy) is 1. The molecule has 0 radical (unpaired) electrons. The molecule has 1 heterocycles. The van der Waals surface area contributed by atoms with Crippen LogP contribution in [0.1, 0.15) is 13.8 Å². The molecular formula is C8H15N5OS. The highest BCUT2D eigenvalue weighted by Crippen LogP contribution is 2.15. The fourth-order valence-corrected chi connectivity index (χ4v) is 1.38. The van der Waals surface area contributed by atoms with E-state index in [1.54, 1.807) is 0 Å². The van der Waals surface area contributed by atoms with Gasteiger partial charge in [-0.1, -0.05) is 0 Å². The van der Waals surface area contributed by atoms with Crippen LogP contribution in [0.25, 0.3) is 0 Å². The number of hydrogen-bond acceptors (Lipinski definition) is 7. The third kappa shape index (κ3) is 2.93. The molecule has 0 amide bonds. The molecule has 6 nitrogen and oxygen atoms in total. The average molecular weight is 229 g/mol. The normalized spacial score (nSPS) is 10.1. The van der Waals surface area contributed by atoms with Gasteiger partial charge >= 0.3 is 6.01 Å². The minimum absolute atomic E-state index is 0.292. The van der Waals surface area contributed by atoms with E-state index >= 15 is 0 Å². The zero-order valence-electron chi connectivity index (χ0n) is 9.10. The van der Waals surface area contributed by atoms with Crippen molar-refractivity contribution >= 4 is 17.9 Å². The minimum Gasteiger partial charge on any atom is -0.467 e. The number of nitrogens with zero attached hydrogens (tertiary/aromatic N) is 4. The molecular weight excluding hydrogens is 214 g/mol. The fourth-order valence-electron chi connectivity index (χ4n) is 1.12. The lowest BCUT2D eigenvalue weighted by molar-refractivity contribution is 0.372. The molecule has 0 aliphatic heterocycles. The van der Waals surface area contributed by atoms with Crippen LogP contribution in [0, 0.1) is 0 Å². The number of methoxy groups -OCH3 is 1. The quantitative estimate of drug-likeness (QED) is 0.744. The van der Waals surface area contributed by atoms with Crippen LogP contribution in [0.5, 0.6) is 6.01 Å². The number of nitrogens with two attached hydrogens (primary N) is 1. The van der Waals surface area contributed by atoms with E-state index in [-0.39, 0.29) is 0 Å². The first-order valence-corrected chi connectivity index (χ1v) is 5.54. The summed E-state index contributed by atoms with van der Waals surface area (Å²) in [7, 11) is 1.52. The van der Waals surface area contributed by atoms with E-state index < -0.39 is 0 Å². The predicted molar refractivity (Wildman–Crippen MR) is 60.0 cm³/mol. The summed E-state index contributed by atoms with van der Waals surface area (Å²) in [6.45, 7) is 5.74. The Labute approximate surface area is 93.4 Å². The van der Waals surface area contributed by atoms with Gasteiger partial charge in [0.2, 0.25) is 11.1 Å². The lowest BCUT2D eigenvalue weighted by Gasteiger charge is -2.18. The van der Waals surface area contributed by atoms with Crippen molar-refractivity contribution in [1.82, 2.24) is 15.0 Å². The maximum atomic E-state index is 5.42. The van der Waals surface area contributed by atoms with Crippen molar-refractivity contribution in [3.8, 4) is 6.01 Å². The van der Waals surface area contributed by atoms with Crippen LogP contribution < -0.4 is 14.8 Å². The largest absolute Gasteiger partial charge is 0.467 e. The zero-order valence-corrected chi connectivity index (χ0v) is 9.91. The van der Waals surface area contributed by atoms with Gasteiger partial charge in [-0.05, 0) is 25.8 Å². The number of aromatic nitrogens is 3. The third-order valence-electron chi connectivity index (χ3n) is 1.92. The summed E-state index contributed by atoms with van der Waals surface area (Å²) in [5, 5.41) is 5.88. The summed E-state index contributed by atoms with van der Waals surface area (Å²) in [6.07, 6.45) is 0. The third-order valence-corrected chi connectivity index (χ3v) is 2.31. The lowest BCUT2D eigenvalue weighted by atomic mass is 10.5. The Morgan fingerprint density at radius 1 is 1.27 bits per heavy atom. The molecule has 0 saturated carbocycles. The van der Waals surface area contributed by atoms with Crippen LogP contribution in [0.3, 0.4) is 0 Å². The summed E-state index contributed by atoms with van der Waals surface area (Å²) in [6, 6.07) is 0.292. The van der Waals surface area contributed by atoms with Crippen LogP contribution in [0.4, 0.5) is 5.95 Å². The van der Waals surface area contributed by atoms with Gasteiger partial charge in [-0.25, -0.2) is 0 Å². The van der Waals surface area contributed by atoms with Crippen LogP contribution in [-0.4, -0.2) is 35.2 Å². The molecule has 2 N–H and O–H groups in total. The van der Waals surface area contributed by atoms with Gasteiger partial charge in [0.05, 0.1) is 7.11 Å². The first kappa shape index (κ1) is 12.0. The van der Waals surface area contributed by atoms with E-state index in [2.05, 4.69) is 15.0 Å². The zero-order chi connectivity index (χ0) is 11.3. The molecule has 0 bridgehead atoms. The Morgan fingerprint density at radius 2 is 1.93 bits per heavy atom. The first-order chi connectivity index (χ1) is 7.24. The first-order valence-electron chi connectivity index (χ1n) is 4.66. The van der Waals surface area contributed by atoms with Crippen LogP contribution in [0.15, 0.2) is 5.16 Å². The molecule has 84 valence electrons. The van der Waals surface area contributed by atoms with E-state index in [4.69, 9.17) is 9.88 Å². The molecule has 0 aliphatic carbocycles. The smallest absolute Gasteiger partial charge is 0.322 e. The maximum absolute atomic E-state index is 5.42. The maximum Gasteiger partial charge on any atom is 0.322 e. The van der Waals surface area contributed by atoms with Gasteiger partial charge in [-0.3, -0.25) is 5.14 Å². The summed E-state index contributed by atoms with van der Waals surface area (Å²) in [4.78, 5) is 14.4. The monoisotopic (exact) mass is 229 g/mol. The van der Waals surface area contributed by atoms with Crippen molar-refractivity contribution in [3.05, 3.63) is 0 Å². The molecule has 0 saturated heterocycles. The molecule has 0 fully saturated rings. The molecule has 7 heteroatoms. The molecule has 0 unspecified atom stereocenters. The molecule has 1 aromatic rings. The number of hydrogen-bond donors (Lipinski definition) is 1. The molecule has 0 aromatic carbocycles. The summed E-state index contributed by atoms with van der Waals surface area (Å²) in [5.74, 6) is 0.597. The Kier molecular flexibility index (Phi) is 4.57.